The summed E-state index contributed by atoms with van der Waals surface area (Å²) >= 11 is 0. The Kier molecular flexibility index (Phi) is 5.30. The molecule has 0 radical (unpaired) electrons. The fraction of sp³-hybridized carbons (Fsp3) is 0.433. The molecule has 4 aromatic rings. The van der Waals surface area contributed by atoms with Crippen LogP contribution in [0.25, 0.3) is 21.9 Å². The van der Waals surface area contributed by atoms with Gasteiger partial charge in [0.2, 0.25) is 0 Å². The van der Waals surface area contributed by atoms with Crippen molar-refractivity contribution in [3.8, 4) is 0 Å². The van der Waals surface area contributed by atoms with E-state index >= 15 is 0 Å². The largest absolute Gasteiger partial charge is 0.342 e. The van der Waals surface area contributed by atoms with Crippen molar-refractivity contribution in [2.75, 3.05) is 13.1 Å². The molecule has 0 spiro atoms. The minimum Gasteiger partial charge on any atom is -0.342 e. The number of nitrogens with zero attached hydrogens (tertiary/aromatic N) is 3. The predicted octanol–water partition coefficient (Wildman–Crippen LogP) is 6.56. The summed E-state index contributed by atoms with van der Waals surface area (Å²) < 4.78 is 14.0. The molecule has 184 valence electrons. The van der Waals surface area contributed by atoms with Crippen LogP contribution in [0.15, 0.2) is 48.7 Å². The van der Waals surface area contributed by atoms with Crippen molar-refractivity contribution in [1.82, 2.24) is 19.9 Å². The second-order valence-electron chi connectivity index (χ2n) is 11.0. The molecule has 7 rings (SSSR count). The Morgan fingerprint density at radius 3 is 2.44 bits per heavy atom. The fourth-order valence-corrected chi connectivity index (χ4v) is 6.59. The number of halogens is 1. The van der Waals surface area contributed by atoms with Gasteiger partial charge in [-0.1, -0.05) is 0 Å². The topological polar surface area (TPSA) is 61.9 Å². The number of amides is 1. The van der Waals surface area contributed by atoms with Crippen molar-refractivity contribution >= 4 is 27.8 Å². The van der Waals surface area contributed by atoms with Gasteiger partial charge in [-0.3, -0.25) is 9.78 Å². The lowest BCUT2D eigenvalue weighted by Gasteiger charge is -2.34. The van der Waals surface area contributed by atoms with Crippen LogP contribution < -0.4 is 0 Å². The number of aromatic nitrogens is 3. The molecule has 1 aliphatic heterocycles. The lowest BCUT2D eigenvalue weighted by Crippen LogP contribution is -2.41. The van der Waals surface area contributed by atoms with Gasteiger partial charge in [0.05, 0.1) is 16.6 Å². The van der Waals surface area contributed by atoms with E-state index < -0.39 is 0 Å². The maximum absolute atomic E-state index is 14.0. The van der Waals surface area contributed by atoms with E-state index in [9.17, 15) is 9.18 Å². The van der Waals surface area contributed by atoms with Crippen molar-refractivity contribution in [2.45, 2.75) is 56.8 Å². The summed E-state index contributed by atoms with van der Waals surface area (Å²) in [4.78, 5) is 27.7. The minimum atomic E-state index is -0.196. The lowest BCUT2D eigenvalue weighted by atomic mass is 9.72. The zero-order valence-electron chi connectivity index (χ0n) is 20.4. The van der Waals surface area contributed by atoms with Crippen molar-refractivity contribution in [3.05, 3.63) is 71.4 Å². The van der Waals surface area contributed by atoms with Crippen LogP contribution in [0.2, 0.25) is 0 Å². The van der Waals surface area contributed by atoms with Gasteiger partial charge in [0.1, 0.15) is 11.6 Å². The second kappa shape index (κ2) is 8.68. The van der Waals surface area contributed by atoms with Crippen LogP contribution in [-0.2, 0) is 0 Å². The monoisotopic (exact) mass is 482 g/mol. The SMILES string of the molecule is O=C(c1ccc2[nH]c([C@H](C3CC3)[C@H]3CC[C@@H](c4ccnc5ccc(F)cc54)CC3)nc2c1)N1CCC1. The van der Waals surface area contributed by atoms with E-state index in [0.29, 0.717) is 23.7 Å². The molecule has 1 N–H and O–H groups in total. The summed E-state index contributed by atoms with van der Waals surface area (Å²) in [6, 6.07) is 12.9. The van der Waals surface area contributed by atoms with Crippen LogP contribution in [0, 0.1) is 17.7 Å². The van der Waals surface area contributed by atoms with Gasteiger partial charge in [-0.25, -0.2) is 9.37 Å². The van der Waals surface area contributed by atoms with Gasteiger partial charge in [0.25, 0.3) is 5.91 Å². The van der Waals surface area contributed by atoms with E-state index in [2.05, 4.69) is 16.0 Å². The van der Waals surface area contributed by atoms with E-state index in [1.54, 1.807) is 12.1 Å². The van der Waals surface area contributed by atoms with Gasteiger partial charge in [-0.05, 0) is 111 Å². The zero-order chi connectivity index (χ0) is 24.2. The Labute approximate surface area is 210 Å². The molecule has 5 nitrogen and oxygen atoms in total. The first-order valence-corrected chi connectivity index (χ1v) is 13.5. The quantitative estimate of drug-likeness (QED) is 0.350. The number of nitrogens with one attached hydrogen (secondary N) is 1. The van der Waals surface area contributed by atoms with E-state index in [0.717, 1.165) is 78.5 Å². The Morgan fingerprint density at radius 1 is 0.944 bits per heavy atom. The molecule has 6 heteroatoms. The van der Waals surface area contributed by atoms with Gasteiger partial charge in [-0.2, -0.15) is 0 Å². The number of fused-ring (bicyclic) bond motifs is 2. The number of benzene rings is 2. The van der Waals surface area contributed by atoms with Gasteiger partial charge in [-0.15, -0.1) is 0 Å². The third-order valence-corrected chi connectivity index (χ3v) is 8.79. The molecule has 3 aliphatic rings. The number of hydrogen-bond donors (Lipinski definition) is 1. The van der Waals surface area contributed by atoms with Crippen molar-refractivity contribution in [1.29, 1.82) is 0 Å². The Bertz CT molecular complexity index is 1450. The Balaban J connectivity index is 1.12. The molecule has 0 bridgehead atoms. The molecule has 2 saturated carbocycles. The predicted molar refractivity (Wildman–Crippen MR) is 138 cm³/mol. The molecule has 1 saturated heterocycles. The number of aromatic amines is 1. The van der Waals surface area contributed by atoms with Crippen molar-refractivity contribution in [3.63, 3.8) is 0 Å². The van der Waals surface area contributed by atoms with Gasteiger partial charge < -0.3 is 9.88 Å². The Hall–Kier alpha value is -3.28. The summed E-state index contributed by atoms with van der Waals surface area (Å²) in [5, 5.41) is 0.959. The first-order chi connectivity index (χ1) is 17.6. The number of H-pyrrole nitrogens is 1. The Morgan fingerprint density at radius 2 is 1.72 bits per heavy atom. The van der Waals surface area contributed by atoms with E-state index in [4.69, 9.17) is 4.98 Å². The second-order valence-corrected chi connectivity index (χ2v) is 11.0. The van der Waals surface area contributed by atoms with E-state index in [-0.39, 0.29) is 11.7 Å². The first kappa shape index (κ1) is 22.0. The number of carbonyl (C=O) groups excluding carboxylic acids is 1. The molecule has 2 aromatic carbocycles. The molecule has 1 amide bonds. The van der Waals surface area contributed by atoms with Gasteiger partial charge >= 0.3 is 0 Å². The molecule has 0 unspecified atom stereocenters. The molecule has 2 aliphatic carbocycles. The number of imidazole rings is 1. The number of hydrogen-bond acceptors (Lipinski definition) is 3. The first-order valence-electron chi connectivity index (χ1n) is 13.5. The van der Waals surface area contributed by atoms with Gasteiger partial charge in [0, 0.05) is 36.2 Å². The average molecular weight is 483 g/mol. The molecule has 3 heterocycles. The summed E-state index contributed by atoms with van der Waals surface area (Å²) in [6.07, 6.45) is 10.0. The molecule has 3 fully saturated rings. The standard InChI is InChI=1S/C30H31FN4O/c31-22-9-11-25-24(17-22)23(12-13-32-25)18-2-4-19(5-3-18)28(20-6-7-20)29-33-26-10-8-21(16-27(26)34-29)30(36)35-14-1-15-35/h8-13,16-20,28H,1-7,14-15H2,(H,33,34)/t18-,19+,28-/m0/s1. The van der Waals surface area contributed by atoms with Crippen molar-refractivity contribution < 1.29 is 9.18 Å². The minimum absolute atomic E-state index is 0.119. The molecule has 2 aromatic heterocycles. The number of likely N-dealkylation sites (tertiary alicyclic amines) is 1. The van der Waals surface area contributed by atoms with Crippen LogP contribution >= 0.6 is 0 Å². The number of rotatable bonds is 5. The van der Waals surface area contributed by atoms with E-state index in [1.807, 2.05) is 29.3 Å². The highest BCUT2D eigenvalue weighted by atomic mass is 19.1. The highest BCUT2D eigenvalue weighted by Crippen LogP contribution is 2.52. The molecule has 1 atom stereocenters. The van der Waals surface area contributed by atoms with Gasteiger partial charge in [0.15, 0.2) is 0 Å². The maximum Gasteiger partial charge on any atom is 0.253 e. The average Bonchev–Trinajstić information content (AvgIpc) is 3.60. The highest BCUT2D eigenvalue weighted by molar-refractivity contribution is 5.97. The number of carbonyl (C=O) groups is 1. The molecule has 36 heavy (non-hydrogen) atoms. The zero-order valence-corrected chi connectivity index (χ0v) is 20.4. The van der Waals surface area contributed by atoms with Crippen LogP contribution in [0.4, 0.5) is 4.39 Å². The fourth-order valence-electron chi connectivity index (χ4n) is 6.59. The van der Waals surface area contributed by atoms with Crippen molar-refractivity contribution in [2.24, 2.45) is 11.8 Å². The van der Waals surface area contributed by atoms with Crippen LogP contribution in [0.3, 0.4) is 0 Å². The van der Waals surface area contributed by atoms with E-state index in [1.165, 1.54) is 24.5 Å². The van der Waals surface area contributed by atoms with Crippen LogP contribution in [-0.4, -0.2) is 38.8 Å². The summed E-state index contributed by atoms with van der Waals surface area (Å²) in [5.74, 6) is 3.21. The third kappa shape index (κ3) is 3.87. The lowest BCUT2D eigenvalue weighted by molar-refractivity contribution is 0.0652. The number of pyridine rings is 1. The summed E-state index contributed by atoms with van der Waals surface area (Å²) in [5.41, 5.74) is 4.78. The summed E-state index contributed by atoms with van der Waals surface area (Å²) in [6.45, 7) is 1.72. The highest BCUT2D eigenvalue weighted by Gasteiger charge is 2.41. The maximum atomic E-state index is 14.0. The summed E-state index contributed by atoms with van der Waals surface area (Å²) in [7, 11) is 0. The molecular formula is C30H31FN4O. The normalized spacial score (nSPS) is 23.1. The molecular weight excluding hydrogens is 451 g/mol. The smallest absolute Gasteiger partial charge is 0.253 e. The van der Waals surface area contributed by atoms with Crippen LogP contribution in [0.5, 0.6) is 0 Å². The van der Waals surface area contributed by atoms with Crippen LogP contribution in [0.1, 0.15) is 78.5 Å². The third-order valence-electron chi connectivity index (χ3n) is 8.79.